The van der Waals surface area contributed by atoms with E-state index in [1.165, 1.54) is 5.56 Å². The van der Waals surface area contributed by atoms with Crippen LogP contribution in [0.2, 0.25) is 0 Å². The predicted octanol–water partition coefficient (Wildman–Crippen LogP) is 2.00. The third-order valence-corrected chi connectivity index (χ3v) is 6.11. The third-order valence-electron chi connectivity index (χ3n) is 6.11. The zero-order valence-electron chi connectivity index (χ0n) is 21.2. The van der Waals surface area contributed by atoms with Crippen molar-refractivity contribution in [1.82, 2.24) is 4.90 Å². The molecule has 0 spiro atoms. The Bertz CT molecular complexity index is 1310. The summed E-state index contributed by atoms with van der Waals surface area (Å²) in [6, 6.07) is 32.0. The minimum Gasteiger partial charge on any atom is -0.545 e. The number of ether oxygens (including phenoxy) is 1. The largest absolute Gasteiger partial charge is 1.00 e. The molecule has 0 aliphatic rings. The maximum Gasteiger partial charge on any atom is 1.00 e. The van der Waals surface area contributed by atoms with E-state index in [-0.39, 0.29) is 41.0 Å². The fourth-order valence-corrected chi connectivity index (χ4v) is 4.16. The Kier molecular flexibility index (Phi) is 10.5. The molecule has 0 unspecified atom stereocenters. The summed E-state index contributed by atoms with van der Waals surface area (Å²) in [6.45, 7) is 1.08. The number of amides is 1. The van der Waals surface area contributed by atoms with Crippen LogP contribution < -0.4 is 39.4 Å². The second-order valence-corrected chi connectivity index (χ2v) is 8.61. The van der Waals surface area contributed by atoms with E-state index in [1.54, 1.807) is 55.6 Å². The Labute approximate surface area is 240 Å². The first kappa shape index (κ1) is 28.2. The molecule has 4 rings (SSSR count). The summed E-state index contributed by atoms with van der Waals surface area (Å²) in [5.41, 5.74) is 4.86. The zero-order valence-corrected chi connectivity index (χ0v) is 23.2. The molecular weight excluding hydrogens is 473 g/mol. The predicted molar refractivity (Wildman–Crippen MR) is 139 cm³/mol. The van der Waals surface area contributed by atoms with E-state index in [2.05, 4.69) is 12.1 Å². The molecule has 0 N–H and O–H groups in total. The molecule has 0 saturated carbocycles. The average molecular weight is 502 g/mol. The molecule has 5 nitrogen and oxygen atoms in total. The van der Waals surface area contributed by atoms with Crippen LogP contribution in [0.15, 0.2) is 103 Å². The maximum atomic E-state index is 13.5. The molecule has 0 heterocycles. The van der Waals surface area contributed by atoms with Crippen LogP contribution in [0.25, 0.3) is 11.1 Å². The van der Waals surface area contributed by atoms with Crippen molar-refractivity contribution in [2.75, 3.05) is 13.7 Å². The fourth-order valence-electron chi connectivity index (χ4n) is 4.16. The van der Waals surface area contributed by atoms with Gasteiger partial charge in [-0.2, -0.15) is 0 Å². The number of hydrogen-bond donors (Lipinski definition) is 0. The Hall–Kier alpha value is -3.38. The van der Waals surface area contributed by atoms with Gasteiger partial charge in [0.05, 0.1) is 13.1 Å². The molecule has 0 radical (unpaired) electrons. The number of carbonyl (C=O) groups is 2. The summed E-state index contributed by atoms with van der Waals surface area (Å²) in [7, 11) is 1.60. The number of nitrogens with zero attached hydrogens (tertiary/aromatic N) is 1. The van der Waals surface area contributed by atoms with Gasteiger partial charge in [0.25, 0.3) is 5.91 Å². The number of carboxylic acid groups (broad SMARTS) is 1. The van der Waals surface area contributed by atoms with Crippen LogP contribution >= 0.6 is 0 Å². The molecule has 1 amide bonds. The van der Waals surface area contributed by atoms with Gasteiger partial charge in [-0.05, 0) is 71.0 Å². The summed E-state index contributed by atoms with van der Waals surface area (Å²) in [5, 5.41) is 11.1. The van der Waals surface area contributed by atoms with Crippen molar-refractivity contribution in [3.05, 3.63) is 125 Å². The van der Waals surface area contributed by atoms with Crippen molar-refractivity contribution in [2.24, 2.45) is 0 Å². The van der Waals surface area contributed by atoms with Gasteiger partial charge in [-0.3, -0.25) is 4.79 Å². The molecule has 0 aliphatic carbocycles. The van der Waals surface area contributed by atoms with Crippen molar-refractivity contribution < 1.29 is 49.0 Å². The zero-order chi connectivity index (χ0) is 25.3. The molecule has 4 aromatic carbocycles. The summed E-state index contributed by atoms with van der Waals surface area (Å²) < 4.78 is 5.23. The first-order valence-corrected chi connectivity index (χ1v) is 11.9. The Morgan fingerprint density at radius 1 is 0.757 bits per heavy atom. The topological polar surface area (TPSA) is 69.7 Å². The minimum absolute atomic E-state index is 0. The van der Waals surface area contributed by atoms with Crippen LogP contribution in [0.3, 0.4) is 0 Å². The van der Waals surface area contributed by atoms with Crippen molar-refractivity contribution in [3.63, 3.8) is 0 Å². The molecule has 0 atom stereocenters. The van der Waals surface area contributed by atoms with Gasteiger partial charge in [0.1, 0.15) is 5.75 Å². The van der Waals surface area contributed by atoms with Crippen LogP contribution in [-0.2, 0) is 13.0 Å². The van der Waals surface area contributed by atoms with Crippen molar-refractivity contribution in [1.29, 1.82) is 0 Å². The average Bonchev–Trinajstić information content (AvgIpc) is 2.93. The number of hydrogen-bond acceptors (Lipinski definition) is 4. The quantitative estimate of drug-likeness (QED) is 0.312. The van der Waals surface area contributed by atoms with Gasteiger partial charge < -0.3 is 19.5 Å². The molecule has 6 heteroatoms. The van der Waals surface area contributed by atoms with Crippen molar-refractivity contribution >= 4 is 11.9 Å². The molecule has 0 saturated heterocycles. The number of rotatable bonds is 10. The molecule has 0 aromatic heterocycles. The Morgan fingerprint density at radius 3 is 2.05 bits per heavy atom. The summed E-state index contributed by atoms with van der Waals surface area (Å²) in [4.78, 5) is 26.4. The van der Waals surface area contributed by atoms with Crippen molar-refractivity contribution in [2.45, 2.75) is 19.4 Å². The Morgan fingerprint density at radius 2 is 1.41 bits per heavy atom. The van der Waals surface area contributed by atoms with Gasteiger partial charge in [-0.15, -0.1) is 0 Å². The molecule has 0 aliphatic heterocycles. The number of aromatic carboxylic acids is 1. The number of carbonyl (C=O) groups excluding carboxylic acids is 2. The second-order valence-electron chi connectivity index (χ2n) is 8.61. The van der Waals surface area contributed by atoms with E-state index < -0.39 is 5.97 Å². The summed E-state index contributed by atoms with van der Waals surface area (Å²) in [6.07, 6.45) is 1.73. The van der Waals surface area contributed by atoms with E-state index >= 15 is 0 Å². The van der Waals surface area contributed by atoms with Crippen molar-refractivity contribution in [3.8, 4) is 16.9 Å². The van der Waals surface area contributed by atoms with Crippen LogP contribution in [-0.4, -0.2) is 30.4 Å². The molecule has 4 aromatic rings. The molecular formula is C31H28NNaO4. The SMILES string of the molecule is COc1ccc(C(=O)N(CCCc2ccccc2)Cc2cccc(-c3ccc(C(=O)[O-])cc3)c2)cc1.[Na+]. The van der Waals surface area contributed by atoms with Gasteiger partial charge in [-0.25, -0.2) is 0 Å². The third kappa shape index (κ3) is 7.80. The van der Waals surface area contributed by atoms with Crippen LogP contribution in [0.5, 0.6) is 5.75 Å². The van der Waals surface area contributed by atoms with Gasteiger partial charge in [0, 0.05) is 18.7 Å². The first-order chi connectivity index (χ1) is 17.5. The molecule has 37 heavy (non-hydrogen) atoms. The Balaban J connectivity index is 0.00000380. The van der Waals surface area contributed by atoms with Gasteiger partial charge in [-0.1, -0.05) is 72.8 Å². The van der Waals surface area contributed by atoms with Gasteiger partial charge in [0.2, 0.25) is 0 Å². The summed E-state index contributed by atoms with van der Waals surface area (Å²) >= 11 is 0. The molecule has 182 valence electrons. The van der Waals surface area contributed by atoms with Crippen LogP contribution in [0.1, 0.15) is 38.3 Å². The van der Waals surface area contributed by atoms with E-state index in [0.717, 1.165) is 29.5 Å². The second kappa shape index (κ2) is 13.8. The smallest absolute Gasteiger partial charge is 0.545 e. The summed E-state index contributed by atoms with van der Waals surface area (Å²) in [5.74, 6) is -0.521. The van der Waals surface area contributed by atoms with Crippen LogP contribution in [0, 0.1) is 0 Å². The fraction of sp³-hybridized carbons (Fsp3) is 0.161. The van der Waals surface area contributed by atoms with Gasteiger partial charge in [0.15, 0.2) is 0 Å². The number of aryl methyl sites for hydroxylation is 1. The monoisotopic (exact) mass is 501 g/mol. The number of carboxylic acids is 1. The first-order valence-electron chi connectivity index (χ1n) is 11.9. The standard InChI is InChI=1S/C31H29NO4.Na/c1-36-29-18-16-26(17-19-29)30(33)32(20-6-10-23-7-3-2-4-8-23)22-24-9-5-11-28(21-24)25-12-14-27(15-13-25)31(34)35;/h2-5,7-9,11-19,21H,6,10,20,22H2,1H3,(H,34,35);/q;+1/p-1. The maximum absolute atomic E-state index is 13.5. The minimum atomic E-state index is -1.20. The number of benzene rings is 4. The van der Waals surface area contributed by atoms with E-state index in [1.807, 2.05) is 47.4 Å². The molecule has 0 fully saturated rings. The van der Waals surface area contributed by atoms with E-state index in [4.69, 9.17) is 4.74 Å². The van der Waals surface area contributed by atoms with E-state index in [0.29, 0.717) is 24.4 Å². The normalized spacial score (nSPS) is 10.3. The van der Waals surface area contributed by atoms with Crippen LogP contribution in [0.4, 0.5) is 0 Å². The molecule has 0 bridgehead atoms. The van der Waals surface area contributed by atoms with Gasteiger partial charge >= 0.3 is 29.6 Å². The number of methoxy groups -OCH3 is 1. The van der Waals surface area contributed by atoms with E-state index in [9.17, 15) is 14.7 Å².